The molecule has 41 heavy (non-hydrogen) atoms. The molecule has 7 fully saturated rings. The number of esters is 3. The molecule has 1 saturated heterocycles. The Bertz CT molecular complexity index is 1100. The van der Waals surface area contributed by atoms with Crippen LogP contribution in [0.15, 0.2) is 0 Å². The number of carbonyl (C=O) groups is 3. The molecule has 0 amide bonds. The van der Waals surface area contributed by atoms with Gasteiger partial charge in [0.25, 0.3) is 0 Å². The van der Waals surface area contributed by atoms with E-state index in [1.165, 1.54) is 38.5 Å². The molecule has 0 aromatic carbocycles. The van der Waals surface area contributed by atoms with Crippen molar-refractivity contribution in [3.8, 4) is 6.07 Å². The quantitative estimate of drug-likeness (QED) is 0.246. The predicted octanol–water partition coefficient (Wildman–Crippen LogP) is 6.77. The monoisotopic (exact) mass is 569 g/mol. The van der Waals surface area contributed by atoms with Gasteiger partial charge < -0.3 is 14.2 Å². The van der Waals surface area contributed by atoms with Gasteiger partial charge in [-0.15, -0.1) is 0 Å². The highest BCUT2D eigenvalue weighted by molar-refractivity contribution is 5.84. The summed E-state index contributed by atoms with van der Waals surface area (Å²) >= 11 is 0. The molecule has 0 spiro atoms. The molecule has 0 radical (unpaired) electrons. The van der Waals surface area contributed by atoms with E-state index in [0.717, 1.165) is 30.6 Å². The molecule has 228 valence electrons. The highest BCUT2D eigenvalue weighted by Gasteiger charge is 2.72. The van der Waals surface area contributed by atoms with Crippen molar-refractivity contribution >= 4 is 17.9 Å². The third-order valence-electron chi connectivity index (χ3n) is 12.5. The van der Waals surface area contributed by atoms with Crippen LogP contribution in [0, 0.1) is 62.6 Å². The zero-order chi connectivity index (χ0) is 30.2. The molecule has 7 heteroatoms. The van der Waals surface area contributed by atoms with Gasteiger partial charge >= 0.3 is 17.9 Å². The van der Waals surface area contributed by atoms with Crippen LogP contribution in [0.3, 0.4) is 0 Å². The SMILES string of the molecule is CCC(C)(C)C(=O)OC(C)(C)C12CC3CC(CC(C3)C1)C2.CCC(C)(C)C(=O)OC1C2CC3C1OC(=O)C3(C#N)C2. The van der Waals surface area contributed by atoms with Crippen molar-refractivity contribution in [2.45, 2.75) is 137 Å². The predicted molar refractivity (Wildman–Crippen MR) is 153 cm³/mol. The molecular weight excluding hydrogens is 518 g/mol. The zero-order valence-corrected chi connectivity index (χ0v) is 26.5. The summed E-state index contributed by atoms with van der Waals surface area (Å²) < 4.78 is 17.1. The number of fused-ring (bicyclic) bond motifs is 1. The van der Waals surface area contributed by atoms with E-state index in [2.05, 4.69) is 26.8 Å². The van der Waals surface area contributed by atoms with Crippen LogP contribution in [0.4, 0.5) is 0 Å². The second-order valence-electron chi connectivity index (χ2n) is 16.2. The molecule has 7 aliphatic rings. The summed E-state index contributed by atoms with van der Waals surface area (Å²) in [6, 6.07) is 2.15. The number of nitriles is 1. The van der Waals surface area contributed by atoms with Crippen molar-refractivity contribution in [2.75, 3.05) is 0 Å². The highest BCUT2D eigenvalue weighted by atomic mass is 16.6. The van der Waals surface area contributed by atoms with Crippen molar-refractivity contribution in [3.05, 3.63) is 0 Å². The minimum atomic E-state index is -0.974. The molecule has 6 aliphatic carbocycles. The van der Waals surface area contributed by atoms with Gasteiger partial charge in [-0.05, 0) is 124 Å². The van der Waals surface area contributed by atoms with Crippen LogP contribution < -0.4 is 0 Å². The Hall–Kier alpha value is -2.10. The molecule has 1 aliphatic heterocycles. The highest BCUT2D eigenvalue weighted by Crippen LogP contribution is 2.65. The maximum absolute atomic E-state index is 12.6. The lowest BCUT2D eigenvalue weighted by molar-refractivity contribution is -0.206. The molecule has 7 rings (SSSR count). The lowest BCUT2D eigenvalue weighted by Gasteiger charge is -2.61. The Kier molecular flexibility index (Phi) is 7.39. The Morgan fingerprint density at radius 3 is 1.88 bits per heavy atom. The van der Waals surface area contributed by atoms with Crippen LogP contribution in [0.2, 0.25) is 0 Å². The van der Waals surface area contributed by atoms with Gasteiger partial charge in [0.05, 0.1) is 16.9 Å². The lowest BCUT2D eigenvalue weighted by atomic mass is 9.46. The molecule has 6 bridgehead atoms. The van der Waals surface area contributed by atoms with Gasteiger partial charge in [-0.1, -0.05) is 13.8 Å². The first-order chi connectivity index (χ1) is 19.0. The largest absolute Gasteiger partial charge is 0.459 e. The average molecular weight is 570 g/mol. The first-order valence-electron chi connectivity index (χ1n) is 16.1. The minimum absolute atomic E-state index is 0.00857. The maximum Gasteiger partial charge on any atom is 0.327 e. The fourth-order valence-electron chi connectivity index (χ4n) is 9.19. The summed E-state index contributed by atoms with van der Waals surface area (Å²) in [5, 5.41) is 9.31. The van der Waals surface area contributed by atoms with Crippen molar-refractivity contribution in [1.29, 1.82) is 5.26 Å². The van der Waals surface area contributed by atoms with Crippen molar-refractivity contribution in [3.63, 3.8) is 0 Å². The third kappa shape index (κ3) is 4.80. The van der Waals surface area contributed by atoms with Gasteiger partial charge in [0.15, 0.2) is 5.41 Å². The number of rotatable bonds is 7. The van der Waals surface area contributed by atoms with E-state index < -0.39 is 22.9 Å². The molecule has 7 nitrogen and oxygen atoms in total. The summed E-state index contributed by atoms with van der Waals surface area (Å²) in [5.74, 6) is 1.98. The normalized spacial score (nSPS) is 40.0. The number of nitrogens with zero attached hydrogens (tertiary/aromatic N) is 1. The molecule has 0 aromatic rings. The Balaban J connectivity index is 0.000000165. The Morgan fingerprint density at radius 1 is 0.878 bits per heavy atom. The van der Waals surface area contributed by atoms with Crippen LogP contribution in [0.1, 0.15) is 120 Å². The van der Waals surface area contributed by atoms with Crippen molar-refractivity contribution in [1.82, 2.24) is 0 Å². The van der Waals surface area contributed by atoms with E-state index in [9.17, 15) is 19.6 Å². The topological polar surface area (TPSA) is 103 Å². The van der Waals surface area contributed by atoms with Crippen molar-refractivity contribution in [2.24, 2.45) is 51.2 Å². The fourth-order valence-corrected chi connectivity index (χ4v) is 9.19. The van der Waals surface area contributed by atoms with Gasteiger partial charge in [0.1, 0.15) is 17.8 Å². The van der Waals surface area contributed by atoms with Crippen LogP contribution in [0.5, 0.6) is 0 Å². The molecule has 6 saturated carbocycles. The second-order valence-corrected chi connectivity index (χ2v) is 16.2. The van der Waals surface area contributed by atoms with Crippen molar-refractivity contribution < 1.29 is 28.6 Å². The summed E-state index contributed by atoms with van der Waals surface area (Å²) in [5.41, 5.74) is -1.93. The maximum atomic E-state index is 12.6. The first-order valence-corrected chi connectivity index (χ1v) is 16.1. The van der Waals surface area contributed by atoms with Crippen LogP contribution in [-0.2, 0) is 28.6 Å². The number of carbonyl (C=O) groups excluding carboxylic acids is 3. The Morgan fingerprint density at radius 2 is 1.39 bits per heavy atom. The molecule has 5 unspecified atom stereocenters. The number of ether oxygens (including phenoxy) is 3. The molecule has 0 aromatic heterocycles. The van der Waals surface area contributed by atoms with Crippen LogP contribution in [0.25, 0.3) is 0 Å². The van der Waals surface area contributed by atoms with Crippen LogP contribution >= 0.6 is 0 Å². The molecule has 1 heterocycles. The van der Waals surface area contributed by atoms with Gasteiger partial charge in [-0.2, -0.15) is 5.26 Å². The standard InChI is InChI=1S/C19H32O2.C15H19NO4/c1-6-17(2,3)16(20)21-18(4,5)19-10-13-7-14(11-19)9-15(8-13)12-19;1-4-14(2,3)12(17)19-10-8-5-9-11(10)20-13(18)15(9,6-8)7-16/h13-15H,6-12H2,1-5H3;8-11H,4-6H2,1-3H3. The smallest absolute Gasteiger partial charge is 0.327 e. The zero-order valence-electron chi connectivity index (χ0n) is 26.5. The number of hydrogen-bond donors (Lipinski definition) is 0. The summed E-state index contributed by atoms with van der Waals surface area (Å²) in [4.78, 5) is 36.7. The lowest BCUT2D eigenvalue weighted by Crippen LogP contribution is -2.58. The first kappa shape index (κ1) is 30.4. The summed E-state index contributed by atoms with van der Waals surface area (Å²) in [6.07, 6.45) is 10.1. The van der Waals surface area contributed by atoms with Gasteiger partial charge in [-0.3, -0.25) is 14.4 Å². The van der Waals surface area contributed by atoms with E-state index in [0.29, 0.717) is 12.8 Å². The van der Waals surface area contributed by atoms with Crippen LogP contribution in [-0.4, -0.2) is 35.7 Å². The minimum Gasteiger partial charge on any atom is -0.459 e. The van der Waals surface area contributed by atoms with E-state index in [1.807, 2.05) is 34.6 Å². The fraction of sp³-hybridized carbons (Fsp3) is 0.882. The average Bonchev–Trinajstić information content (AvgIpc) is 3.50. The summed E-state index contributed by atoms with van der Waals surface area (Å²) in [7, 11) is 0. The molecule has 0 N–H and O–H groups in total. The van der Waals surface area contributed by atoms with E-state index >= 15 is 0 Å². The molecule has 5 atom stereocenters. The summed E-state index contributed by atoms with van der Waals surface area (Å²) in [6.45, 7) is 16.1. The van der Waals surface area contributed by atoms with Gasteiger partial charge in [-0.25, -0.2) is 0 Å². The third-order valence-corrected chi connectivity index (χ3v) is 12.5. The molecular formula is C34H51NO6. The van der Waals surface area contributed by atoms with E-state index in [1.54, 1.807) is 0 Å². The van der Waals surface area contributed by atoms with E-state index in [4.69, 9.17) is 14.2 Å². The van der Waals surface area contributed by atoms with Gasteiger partial charge in [0.2, 0.25) is 0 Å². The Labute approximate surface area is 246 Å². The van der Waals surface area contributed by atoms with E-state index in [-0.39, 0.29) is 46.3 Å². The van der Waals surface area contributed by atoms with Gasteiger partial charge in [0, 0.05) is 17.3 Å². The second kappa shape index (κ2) is 9.98. The number of hydrogen-bond acceptors (Lipinski definition) is 7.